The summed E-state index contributed by atoms with van der Waals surface area (Å²) < 4.78 is 5.23. The number of methoxy groups -OCH3 is 1. The summed E-state index contributed by atoms with van der Waals surface area (Å²) in [5.74, 6) is 1.84. The minimum atomic E-state index is 0.124. The van der Waals surface area contributed by atoms with E-state index in [1.54, 1.807) is 18.9 Å². The Kier molecular flexibility index (Phi) is 3.74. The molecule has 1 aromatic rings. The van der Waals surface area contributed by atoms with Gasteiger partial charge in [0, 0.05) is 36.5 Å². The maximum absolute atomic E-state index is 11.1. The summed E-state index contributed by atoms with van der Waals surface area (Å²) in [4.78, 5) is 14.7. The number of hydrogen-bond donors (Lipinski definition) is 0. The Hall–Kier alpha value is -1.42. The van der Waals surface area contributed by atoms with Crippen molar-refractivity contribution in [3.63, 3.8) is 0 Å². The largest absolute Gasteiger partial charge is 0.497 e. The first-order valence-corrected chi connectivity index (χ1v) is 7.77. The third-order valence-electron chi connectivity index (χ3n) is 4.15. The van der Waals surface area contributed by atoms with Crippen LogP contribution in [0.2, 0.25) is 0 Å². The highest BCUT2D eigenvalue weighted by molar-refractivity contribution is 8.04. The van der Waals surface area contributed by atoms with Crippen LogP contribution in [0, 0.1) is 5.92 Å². The van der Waals surface area contributed by atoms with E-state index < -0.39 is 0 Å². The third-order valence-corrected chi connectivity index (χ3v) is 5.44. The Labute approximate surface area is 124 Å². The first kappa shape index (κ1) is 13.6. The lowest BCUT2D eigenvalue weighted by Gasteiger charge is -2.34. The number of likely N-dealkylation sites (N-methyl/N-ethyl adjacent to an activating group) is 1. The van der Waals surface area contributed by atoms with E-state index in [-0.39, 0.29) is 5.25 Å². The molecule has 0 N–H and O–H groups in total. The van der Waals surface area contributed by atoms with Crippen LogP contribution in [0.25, 0.3) is 0 Å². The number of fused-ring (bicyclic) bond motifs is 1. The van der Waals surface area contributed by atoms with Gasteiger partial charge in [-0.05, 0) is 24.1 Å². The zero-order chi connectivity index (χ0) is 14.1. The van der Waals surface area contributed by atoms with Crippen molar-refractivity contribution in [1.29, 1.82) is 0 Å². The van der Waals surface area contributed by atoms with Crippen LogP contribution in [-0.4, -0.2) is 37.1 Å². The van der Waals surface area contributed by atoms with Crippen molar-refractivity contribution in [3.8, 4) is 5.75 Å². The highest BCUT2D eigenvalue weighted by Crippen LogP contribution is 2.50. The summed E-state index contributed by atoms with van der Waals surface area (Å²) >= 11 is 1.73. The number of allylic oxidation sites excluding steroid dienone is 1. The maximum Gasteiger partial charge on any atom is 0.133 e. The van der Waals surface area contributed by atoms with Gasteiger partial charge in [-0.25, -0.2) is 0 Å². The van der Waals surface area contributed by atoms with E-state index >= 15 is 0 Å². The lowest BCUT2D eigenvalue weighted by Crippen LogP contribution is -2.30. The zero-order valence-electron chi connectivity index (χ0n) is 11.8. The van der Waals surface area contributed by atoms with E-state index in [4.69, 9.17) is 4.74 Å². The molecule has 3 nitrogen and oxygen atoms in total. The number of carbonyl (C=O) groups excluding carboxylic acids is 1. The third kappa shape index (κ3) is 2.44. The predicted molar refractivity (Wildman–Crippen MR) is 82.0 cm³/mol. The lowest BCUT2D eigenvalue weighted by molar-refractivity contribution is -0.107. The summed E-state index contributed by atoms with van der Waals surface area (Å²) in [6, 6.07) is 8.34. The average Bonchev–Trinajstić information content (AvgIpc) is 2.89. The fourth-order valence-corrected chi connectivity index (χ4v) is 4.53. The first-order chi connectivity index (χ1) is 9.71. The Morgan fingerprint density at radius 3 is 2.70 bits per heavy atom. The monoisotopic (exact) mass is 289 g/mol. The fraction of sp³-hybridized carbons (Fsp3) is 0.438. The second kappa shape index (κ2) is 5.52. The molecule has 3 unspecified atom stereocenters. The topological polar surface area (TPSA) is 29.5 Å². The Bertz CT molecular complexity index is 526. The number of carbonyl (C=O) groups is 1. The minimum Gasteiger partial charge on any atom is -0.497 e. The van der Waals surface area contributed by atoms with Gasteiger partial charge in [0.05, 0.1) is 12.4 Å². The van der Waals surface area contributed by atoms with Crippen molar-refractivity contribution >= 4 is 18.0 Å². The minimum absolute atomic E-state index is 0.124. The van der Waals surface area contributed by atoms with Crippen LogP contribution in [-0.2, 0) is 4.79 Å². The Morgan fingerprint density at radius 2 is 2.05 bits per heavy atom. The van der Waals surface area contributed by atoms with Gasteiger partial charge in [0.25, 0.3) is 0 Å². The standard InChI is InChI=1S/C16H19NO2S/c1-17-8-15(11-3-5-12(19-2)6-4-11)14-7-13(10-18)20-16(14)9-17/h3-6,9-10,13-15H,7-8H2,1-2H3. The molecule has 0 saturated carbocycles. The number of aldehydes is 1. The summed E-state index contributed by atoms with van der Waals surface area (Å²) in [7, 11) is 3.79. The molecule has 0 aromatic heterocycles. The molecule has 106 valence electrons. The van der Waals surface area contributed by atoms with E-state index in [1.807, 2.05) is 12.1 Å². The molecule has 0 amide bonds. The van der Waals surface area contributed by atoms with Gasteiger partial charge in [-0.3, -0.25) is 0 Å². The molecule has 1 fully saturated rings. The zero-order valence-corrected chi connectivity index (χ0v) is 12.6. The molecule has 1 saturated heterocycles. The number of nitrogens with zero attached hydrogens (tertiary/aromatic N) is 1. The molecule has 0 radical (unpaired) electrons. The van der Waals surface area contributed by atoms with E-state index in [2.05, 4.69) is 30.3 Å². The predicted octanol–water partition coefficient (Wildman–Crippen LogP) is 2.89. The number of thioether (sulfide) groups is 1. The van der Waals surface area contributed by atoms with Crippen LogP contribution in [0.5, 0.6) is 5.75 Å². The van der Waals surface area contributed by atoms with Crippen molar-refractivity contribution in [1.82, 2.24) is 4.90 Å². The van der Waals surface area contributed by atoms with Crippen molar-refractivity contribution in [3.05, 3.63) is 40.9 Å². The van der Waals surface area contributed by atoms with Gasteiger partial charge < -0.3 is 14.4 Å². The molecule has 3 atom stereocenters. The normalized spacial score (nSPS) is 28.8. The van der Waals surface area contributed by atoms with E-state index in [9.17, 15) is 4.79 Å². The van der Waals surface area contributed by atoms with Crippen LogP contribution in [0.4, 0.5) is 0 Å². The van der Waals surface area contributed by atoms with Crippen LogP contribution < -0.4 is 4.74 Å². The summed E-state index contributed by atoms with van der Waals surface area (Å²) in [5, 5.41) is 0.124. The van der Waals surface area contributed by atoms with Gasteiger partial charge >= 0.3 is 0 Å². The fourth-order valence-electron chi connectivity index (χ4n) is 3.15. The van der Waals surface area contributed by atoms with Gasteiger partial charge in [0.2, 0.25) is 0 Å². The molecule has 2 aliphatic heterocycles. The second-order valence-electron chi connectivity index (χ2n) is 5.49. The van der Waals surface area contributed by atoms with Gasteiger partial charge in [0.15, 0.2) is 0 Å². The molecule has 0 aliphatic carbocycles. The molecule has 3 rings (SSSR count). The Balaban J connectivity index is 1.88. The van der Waals surface area contributed by atoms with Crippen LogP contribution in [0.15, 0.2) is 35.4 Å². The van der Waals surface area contributed by atoms with Gasteiger partial charge in [0.1, 0.15) is 12.0 Å². The highest BCUT2D eigenvalue weighted by Gasteiger charge is 2.39. The number of benzene rings is 1. The van der Waals surface area contributed by atoms with Crippen LogP contribution in [0.3, 0.4) is 0 Å². The van der Waals surface area contributed by atoms with Crippen LogP contribution in [0.1, 0.15) is 17.9 Å². The number of ether oxygens (including phenoxy) is 1. The van der Waals surface area contributed by atoms with Crippen molar-refractivity contribution in [2.45, 2.75) is 17.6 Å². The summed E-state index contributed by atoms with van der Waals surface area (Å²) in [6.07, 6.45) is 4.26. The molecule has 0 bridgehead atoms. The molecule has 2 aliphatic rings. The van der Waals surface area contributed by atoms with Crippen LogP contribution >= 0.6 is 11.8 Å². The Morgan fingerprint density at radius 1 is 1.30 bits per heavy atom. The molecule has 20 heavy (non-hydrogen) atoms. The van der Waals surface area contributed by atoms with Crippen molar-refractivity contribution in [2.24, 2.45) is 5.92 Å². The van der Waals surface area contributed by atoms with E-state index in [0.717, 1.165) is 25.0 Å². The molecule has 1 aromatic carbocycles. The summed E-state index contributed by atoms with van der Waals surface area (Å²) in [5.41, 5.74) is 1.33. The summed E-state index contributed by atoms with van der Waals surface area (Å²) in [6.45, 7) is 1.01. The average molecular weight is 289 g/mol. The SMILES string of the molecule is COc1ccc(C2CN(C)C=C3SC(C=O)CC32)cc1. The lowest BCUT2D eigenvalue weighted by atomic mass is 9.81. The molecular weight excluding hydrogens is 270 g/mol. The van der Waals surface area contributed by atoms with E-state index in [0.29, 0.717) is 11.8 Å². The number of rotatable bonds is 3. The van der Waals surface area contributed by atoms with Gasteiger partial charge in [-0.15, -0.1) is 11.8 Å². The van der Waals surface area contributed by atoms with Crippen molar-refractivity contribution in [2.75, 3.05) is 20.7 Å². The number of hydrogen-bond acceptors (Lipinski definition) is 4. The maximum atomic E-state index is 11.1. The molecule has 4 heteroatoms. The van der Waals surface area contributed by atoms with Gasteiger partial charge in [-0.2, -0.15) is 0 Å². The quantitative estimate of drug-likeness (QED) is 0.800. The second-order valence-corrected chi connectivity index (χ2v) is 6.80. The first-order valence-electron chi connectivity index (χ1n) is 6.89. The highest BCUT2D eigenvalue weighted by atomic mass is 32.2. The molecular formula is C16H19NO2S. The molecule has 2 heterocycles. The van der Waals surface area contributed by atoms with Gasteiger partial charge in [-0.1, -0.05) is 12.1 Å². The van der Waals surface area contributed by atoms with E-state index in [1.165, 1.54) is 10.5 Å². The smallest absolute Gasteiger partial charge is 0.133 e. The molecule has 0 spiro atoms. The van der Waals surface area contributed by atoms with Crippen molar-refractivity contribution < 1.29 is 9.53 Å².